The predicted octanol–water partition coefficient (Wildman–Crippen LogP) is 4.57. The zero-order valence-corrected chi connectivity index (χ0v) is 14.6. The molecule has 0 radical (unpaired) electrons. The molecular formula is C22H21N3O. The molecular weight excluding hydrogens is 322 g/mol. The monoisotopic (exact) mass is 343 g/mol. The van der Waals surface area contributed by atoms with Crippen LogP contribution in [0.2, 0.25) is 0 Å². The molecule has 26 heavy (non-hydrogen) atoms. The van der Waals surface area contributed by atoms with Gasteiger partial charge in [0.2, 0.25) is 0 Å². The van der Waals surface area contributed by atoms with Crippen molar-refractivity contribution in [3.63, 3.8) is 0 Å². The van der Waals surface area contributed by atoms with E-state index in [-0.39, 0.29) is 0 Å². The molecule has 0 spiro atoms. The predicted molar refractivity (Wildman–Crippen MR) is 103 cm³/mol. The Hall–Kier alpha value is -2.98. The summed E-state index contributed by atoms with van der Waals surface area (Å²) < 4.78 is 7.65. The van der Waals surface area contributed by atoms with Crippen molar-refractivity contribution < 1.29 is 4.74 Å². The number of aryl methyl sites for hydroxylation is 1. The summed E-state index contributed by atoms with van der Waals surface area (Å²) in [7, 11) is 0. The summed E-state index contributed by atoms with van der Waals surface area (Å²) in [6.45, 7) is 1.43. The molecule has 0 N–H and O–H groups in total. The van der Waals surface area contributed by atoms with Gasteiger partial charge in [-0.05, 0) is 48.2 Å². The molecule has 2 aromatic carbocycles. The van der Waals surface area contributed by atoms with E-state index in [1.165, 1.54) is 16.5 Å². The highest BCUT2D eigenvalue weighted by molar-refractivity contribution is 5.83. The molecule has 0 saturated carbocycles. The van der Waals surface area contributed by atoms with Gasteiger partial charge in [-0.2, -0.15) is 5.10 Å². The fraction of sp³-hybridized carbons (Fsp3) is 0.182. The molecule has 2 aromatic heterocycles. The van der Waals surface area contributed by atoms with Crippen molar-refractivity contribution in [1.82, 2.24) is 14.8 Å². The first kappa shape index (κ1) is 16.5. The highest BCUT2D eigenvalue weighted by Gasteiger charge is 2.05. The second-order valence-electron chi connectivity index (χ2n) is 6.26. The molecule has 0 atom stereocenters. The summed E-state index contributed by atoms with van der Waals surface area (Å²) in [5, 5.41) is 5.48. The molecule has 4 rings (SSSR count). The molecule has 4 aromatic rings. The van der Waals surface area contributed by atoms with Crippen LogP contribution in [0.25, 0.3) is 16.6 Å². The van der Waals surface area contributed by atoms with Crippen LogP contribution in [0.3, 0.4) is 0 Å². The standard InChI is InChI=1S/C22H21N3O/c1-2-6-18(7-3-1)17-26-15-4-8-19-11-13-23-22-16-20(9-10-21(19)22)25-14-5-12-24-25/h1-3,5-7,9-14,16H,4,8,15,17H2. The summed E-state index contributed by atoms with van der Waals surface area (Å²) in [4.78, 5) is 4.52. The van der Waals surface area contributed by atoms with Crippen LogP contribution >= 0.6 is 0 Å². The Labute approximate surface area is 153 Å². The Morgan fingerprint density at radius 2 is 1.85 bits per heavy atom. The van der Waals surface area contributed by atoms with Crippen LogP contribution in [0.5, 0.6) is 0 Å². The number of hydrogen-bond acceptors (Lipinski definition) is 3. The Morgan fingerprint density at radius 3 is 2.69 bits per heavy atom. The van der Waals surface area contributed by atoms with Crippen molar-refractivity contribution in [2.45, 2.75) is 19.4 Å². The fourth-order valence-corrected chi connectivity index (χ4v) is 3.11. The van der Waals surface area contributed by atoms with Crippen LogP contribution in [0, 0.1) is 0 Å². The molecule has 0 unspecified atom stereocenters. The minimum atomic E-state index is 0.672. The number of aromatic nitrogens is 3. The molecule has 4 heteroatoms. The molecule has 0 fully saturated rings. The second-order valence-corrected chi connectivity index (χ2v) is 6.26. The van der Waals surface area contributed by atoms with E-state index in [4.69, 9.17) is 4.74 Å². The van der Waals surface area contributed by atoms with Crippen molar-refractivity contribution in [2.24, 2.45) is 0 Å². The van der Waals surface area contributed by atoms with Crippen molar-refractivity contribution in [3.05, 3.63) is 90.4 Å². The molecule has 130 valence electrons. The lowest BCUT2D eigenvalue weighted by atomic mass is 10.0. The van der Waals surface area contributed by atoms with Crippen molar-refractivity contribution in [3.8, 4) is 5.69 Å². The van der Waals surface area contributed by atoms with E-state index >= 15 is 0 Å². The average Bonchev–Trinajstić information content (AvgIpc) is 3.23. The number of pyridine rings is 1. The Balaban J connectivity index is 1.39. The highest BCUT2D eigenvalue weighted by Crippen LogP contribution is 2.21. The van der Waals surface area contributed by atoms with E-state index < -0.39 is 0 Å². The topological polar surface area (TPSA) is 39.9 Å². The molecule has 0 amide bonds. The van der Waals surface area contributed by atoms with Gasteiger partial charge in [0.15, 0.2) is 0 Å². The summed E-state index contributed by atoms with van der Waals surface area (Å²) in [5.41, 5.74) is 4.55. The van der Waals surface area contributed by atoms with Crippen LogP contribution in [0.1, 0.15) is 17.5 Å². The Kier molecular flexibility index (Phi) is 5.03. The lowest BCUT2D eigenvalue weighted by molar-refractivity contribution is 0.119. The smallest absolute Gasteiger partial charge is 0.0726 e. The quantitative estimate of drug-likeness (QED) is 0.462. The van der Waals surface area contributed by atoms with Gasteiger partial charge < -0.3 is 4.74 Å². The van der Waals surface area contributed by atoms with Gasteiger partial charge in [0.25, 0.3) is 0 Å². The summed E-state index contributed by atoms with van der Waals surface area (Å²) >= 11 is 0. The maximum absolute atomic E-state index is 5.79. The first-order chi connectivity index (χ1) is 12.9. The molecule has 0 saturated heterocycles. The molecule has 4 nitrogen and oxygen atoms in total. The number of fused-ring (bicyclic) bond motifs is 1. The third-order valence-corrected chi connectivity index (χ3v) is 4.43. The number of benzene rings is 2. The first-order valence-corrected chi connectivity index (χ1v) is 8.89. The van der Waals surface area contributed by atoms with Crippen molar-refractivity contribution in [2.75, 3.05) is 6.61 Å². The molecule has 0 bridgehead atoms. The second kappa shape index (κ2) is 7.93. The first-order valence-electron chi connectivity index (χ1n) is 8.89. The third kappa shape index (κ3) is 3.81. The summed E-state index contributed by atoms with van der Waals surface area (Å²) in [6, 6.07) is 20.6. The van der Waals surface area contributed by atoms with Crippen molar-refractivity contribution >= 4 is 10.9 Å². The largest absolute Gasteiger partial charge is 0.377 e. The van der Waals surface area contributed by atoms with Crippen molar-refractivity contribution in [1.29, 1.82) is 0 Å². The van der Waals surface area contributed by atoms with Crippen LogP contribution < -0.4 is 0 Å². The third-order valence-electron chi connectivity index (χ3n) is 4.43. The van der Waals surface area contributed by atoms with Gasteiger partial charge in [0, 0.05) is 30.6 Å². The maximum Gasteiger partial charge on any atom is 0.0726 e. The van der Waals surface area contributed by atoms with E-state index in [1.54, 1.807) is 6.20 Å². The minimum absolute atomic E-state index is 0.672. The SMILES string of the molecule is c1ccc(COCCCc2ccnc3cc(-n4cccn4)ccc23)cc1. The number of rotatable bonds is 7. The van der Waals surface area contributed by atoms with E-state index in [9.17, 15) is 0 Å². The Bertz CT molecular complexity index is 965. The number of nitrogens with zero attached hydrogens (tertiary/aromatic N) is 3. The van der Waals surface area contributed by atoms with Gasteiger partial charge in [-0.15, -0.1) is 0 Å². The Morgan fingerprint density at radius 1 is 0.923 bits per heavy atom. The zero-order chi connectivity index (χ0) is 17.6. The number of ether oxygens (including phenoxy) is 1. The van der Waals surface area contributed by atoms with E-state index in [0.29, 0.717) is 6.61 Å². The molecule has 0 aliphatic heterocycles. The van der Waals surface area contributed by atoms with Gasteiger partial charge in [-0.25, -0.2) is 4.68 Å². The summed E-state index contributed by atoms with van der Waals surface area (Å²) in [5.74, 6) is 0. The van der Waals surface area contributed by atoms with E-state index in [1.807, 2.05) is 41.3 Å². The maximum atomic E-state index is 5.79. The van der Waals surface area contributed by atoms with Gasteiger partial charge in [0.1, 0.15) is 0 Å². The zero-order valence-electron chi connectivity index (χ0n) is 14.6. The van der Waals surface area contributed by atoms with Gasteiger partial charge >= 0.3 is 0 Å². The highest BCUT2D eigenvalue weighted by atomic mass is 16.5. The number of hydrogen-bond donors (Lipinski definition) is 0. The fourth-order valence-electron chi connectivity index (χ4n) is 3.11. The van der Waals surface area contributed by atoms with Gasteiger partial charge in [0.05, 0.1) is 17.8 Å². The summed E-state index contributed by atoms with van der Waals surface area (Å²) in [6.07, 6.45) is 7.58. The van der Waals surface area contributed by atoms with Crippen LogP contribution in [-0.2, 0) is 17.8 Å². The molecule has 0 aliphatic carbocycles. The lowest BCUT2D eigenvalue weighted by Crippen LogP contribution is -1.99. The van der Waals surface area contributed by atoms with Crippen LogP contribution in [0.15, 0.2) is 79.3 Å². The van der Waals surface area contributed by atoms with Gasteiger partial charge in [-0.1, -0.05) is 36.4 Å². The van der Waals surface area contributed by atoms with E-state index in [2.05, 4.69) is 46.5 Å². The molecule has 0 aliphatic rings. The van der Waals surface area contributed by atoms with Gasteiger partial charge in [-0.3, -0.25) is 4.98 Å². The normalized spacial score (nSPS) is 11.1. The van der Waals surface area contributed by atoms with Crippen LogP contribution in [-0.4, -0.2) is 21.4 Å². The average molecular weight is 343 g/mol. The van der Waals surface area contributed by atoms with E-state index in [0.717, 1.165) is 30.7 Å². The minimum Gasteiger partial charge on any atom is -0.377 e. The lowest BCUT2D eigenvalue weighted by Gasteiger charge is -2.09. The van der Waals surface area contributed by atoms with Crippen LogP contribution in [0.4, 0.5) is 0 Å². The molecule has 2 heterocycles.